The largest absolute Gasteiger partial charge is 0.465 e. The summed E-state index contributed by atoms with van der Waals surface area (Å²) in [7, 11) is 0. The van der Waals surface area contributed by atoms with Gasteiger partial charge in [0.25, 0.3) is 0 Å². The highest BCUT2D eigenvalue weighted by molar-refractivity contribution is 5.80. The third kappa shape index (κ3) is 45.2. The number of cyclic esters (lactones) is 2. The van der Waals surface area contributed by atoms with E-state index in [1.165, 1.54) is 308 Å². The van der Waals surface area contributed by atoms with Gasteiger partial charge in [0.2, 0.25) is 0 Å². The second kappa shape index (κ2) is 53.9. The van der Waals surface area contributed by atoms with Crippen molar-refractivity contribution in [1.29, 1.82) is 0 Å². The highest BCUT2D eigenvalue weighted by atomic mass is 16.6. The highest BCUT2D eigenvalue weighted by Crippen LogP contribution is 2.25. The molecule has 1 atom stereocenters. The third-order valence-electron chi connectivity index (χ3n) is 15.8. The van der Waals surface area contributed by atoms with E-state index in [4.69, 9.17) is 9.47 Å². The molecule has 0 bridgehead atoms. The van der Waals surface area contributed by atoms with E-state index >= 15 is 0 Å². The maximum Gasteiger partial charge on any atom is 0.309 e. The fourth-order valence-corrected chi connectivity index (χ4v) is 10.6. The van der Waals surface area contributed by atoms with Crippen LogP contribution >= 0.6 is 0 Å². The molecule has 0 aliphatic carbocycles. The minimum Gasteiger partial charge on any atom is -0.465 e. The number of hydrogen-bond donors (Lipinski definition) is 2. The molecule has 0 aromatic heterocycles. The van der Waals surface area contributed by atoms with E-state index in [1.807, 2.05) is 0 Å². The second-order valence-corrected chi connectivity index (χ2v) is 22.8. The van der Waals surface area contributed by atoms with Crippen LogP contribution in [0, 0.1) is 11.3 Å². The number of esters is 2. The molecule has 1 saturated heterocycles. The summed E-state index contributed by atoms with van der Waals surface area (Å²) in [6.07, 6.45) is 77.2. The molecule has 0 spiro atoms. The number of unbranched alkanes of at least 4 members (excludes halogenated alkanes) is 49. The van der Waals surface area contributed by atoms with E-state index < -0.39 is 36.5 Å². The smallest absolute Gasteiger partial charge is 0.309 e. The quantitative estimate of drug-likeness (QED) is 0.0358. The molecule has 1 fully saturated rings. The molecule has 6 heteroatoms. The Bertz CT molecular complexity index is 1100. The van der Waals surface area contributed by atoms with Crippen LogP contribution in [0.4, 0.5) is 0 Å². The van der Waals surface area contributed by atoms with Crippen LogP contribution in [-0.2, 0) is 19.1 Å². The lowest BCUT2D eigenvalue weighted by Gasteiger charge is -2.27. The van der Waals surface area contributed by atoms with Gasteiger partial charge in [-0.25, -0.2) is 0 Å². The van der Waals surface area contributed by atoms with E-state index in [0.717, 1.165) is 19.3 Å². The molecule has 1 heterocycles. The molecular formula is C64H122O6. The lowest BCUT2D eigenvalue weighted by Crippen LogP contribution is -2.40. The maximum absolute atomic E-state index is 12.5. The Morgan fingerprint density at radius 2 is 0.614 bits per heavy atom. The Hall–Kier alpha value is -1.40. The molecule has 1 aliphatic rings. The Labute approximate surface area is 436 Å². The van der Waals surface area contributed by atoms with Crippen LogP contribution in [0.3, 0.4) is 0 Å². The second-order valence-electron chi connectivity index (χ2n) is 22.8. The maximum atomic E-state index is 12.5. The first-order valence-electron chi connectivity index (χ1n) is 31.8. The summed E-state index contributed by atoms with van der Waals surface area (Å²) in [6.45, 7) is 1.21. The van der Waals surface area contributed by atoms with Gasteiger partial charge in [-0.05, 0) is 32.1 Å². The topological polar surface area (TPSA) is 93.1 Å². The van der Waals surface area contributed by atoms with E-state index in [2.05, 4.69) is 19.1 Å². The summed E-state index contributed by atoms with van der Waals surface area (Å²) in [6, 6.07) is 0. The molecule has 0 amide bonds. The molecule has 0 radical (unpaired) electrons. The lowest BCUT2D eigenvalue weighted by atomic mass is 9.92. The Morgan fingerprint density at radius 3 is 0.886 bits per heavy atom. The molecule has 0 saturated carbocycles. The predicted octanol–water partition coefficient (Wildman–Crippen LogP) is 19.9. The number of allylic oxidation sites excluding steroid dienone is 2. The van der Waals surface area contributed by atoms with Gasteiger partial charge in [0.15, 0.2) is 0 Å². The number of rotatable bonds is 55. The van der Waals surface area contributed by atoms with Crippen LogP contribution < -0.4 is 0 Å². The first-order chi connectivity index (χ1) is 34.6. The average molecular weight is 988 g/mol. The van der Waals surface area contributed by atoms with Gasteiger partial charge in [-0.3, -0.25) is 9.59 Å². The average Bonchev–Trinajstić information content (AvgIpc) is 3.43. The predicted molar refractivity (Wildman–Crippen MR) is 302 cm³/mol. The zero-order valence-electron chi connectivity index (χ0n) is 47.1. The van der Waals surface area contributed by atoms with Crippen LogP contribution in [0.2, 0.25) is 0 Å². The Balaban J connectivity index is 1.68. The lowest BCUT2D eigenvalue weighted by molar-refractivity contribution is -0.155. The summed E-state index contributed by atoms with van der Waals surface area (Å²) >= 11 is 0. The van der Waals surface area contributed by atoms with Gasteiger partial charge in [-0.1, -0.05) is 321 Å². The van der Waals surface area contributed by atoms with Crippen molar-refractivity contribution >= 4 is 11.9 Å². The van der Waals surface area contributed by atoms with Crippen molar-refractivity contribution in [2.45, 2.75) is 347 Å². The summed E-state index contributed by atoms with van der Waals surface area (Å²) < 4.78 is 10.6. The Morgan fingerprint density at radius 1 is 0.371 bits per heavy atom. The van der Waals surface area contributed by atoms with Gasteiger partial charge in [-0.15, -0.1) is 0 Å². The van der Waals surface area contributed by atoms with Gasteiger partial charge in [0, 0.05) is 0 Å². The third-order valence-corrected chi connectivity index (χ3v) is 15.8. The first-order valence-corrected chi connectivity index (χ1v) is 31.8. The number of ether oxygens (including phenoxy) is 2. The van der Waals surface area contributed by atoms with Crippen LogP contribution in [0.15, 0.2) is 12.2 Å². The van der Waals surface area contributed by atoms with E-state index in [0.29, 0.717) is 6.42 Å². The monoisotopic (exact) mass is 987 g/mol. The first kappa shape index (κ1) is 66.6. The van der Waals surface area contributed by atoms with Crippen molar-refractivity contribution in [3.8, 4) is 0 Å². The molecule has 1 unspecified atom stereocenters. The van der Waals surface area contributed by atoms with Gasteiger partial charge in [0.05, 0.1) is 31.0 Å². The summed E-state index contributed by atoms with van der Waals surface area (Å²) in [5, 5.41) is 19.2. The molecule has 1 aliphatic heterocycles. The molecular weight excluding hydrogens is 865 g/mol. The van der Waals surface area contributed by atoms with E-state index in [-0.39, 0.29) is 19.6 Å². The van der Waals surface area contributed by atoms with Crippen LogP contribution in [0.25, 0.3) is 0 Å². The van der Waals surface area contributed by atoms with Gasteiger partial charge in [-0.2, -0.15) is 0 Å². The fraction of sp³-hybridized carbons (Fsp3) is 0.938. The summed E-state index contributed by atoms with van der Waals surface area (Å²) in [5.41, 5.74) is -1.12. The molecule has 0 aromatic rings. The van der Waals surface area contributed by atoms with Crippen LogP contribution in [-0.4, -0.2) is 48.6 Å². The highest BCUT2D eigenvalue weighted by Gasteiger charge is 2.36. The number of hydrogen-bond acceptors (Lipinski definition) is 6. The molecule has 6 nitrogen and oxygen atoms in total. The van der Waals surface area contributed by atoms with Crippen molar-refractivity contribution < 1.29 is 29.3 Å². The van der Waals surface area contributed by atoms with E-state index in [9.17, 15) is 19.8 Å². The normalized spacial score (nSPS) is 15.3. The minimum absolute atomic E-state index is 0.00507. The molecule has 414 valence electrons. The van der Waals surface area contributed by atoms with Crippen LogP contribution in [0.5, 0.6) is 0 Å². The zero-order chi connectivity index (χ0) is 50.4. The Kier molecular flexibility index (Phi) is 51.3. The molecule has 70 heavy (non-hydrogen) atoms. The van der Waals surface area contributed by atoms with Crippen molar-refractivity contribution in [2.24, 2.45) is 11.3 Å². The summed E-state index contributed by atoms with van der Waals surface area (Å²) in [5.74, 6) is -1.40. The van der Waals surface area contributed by atoms with Crippen molar-refractivity contribution in [3.63, 3.8) is 0 Å². The van der Waals surface area contributed by atoms with Crippen molar-refractivity contribution in [2.75, 3.05) is 26.4 Å². The van der Waals surface area contributed by atoms with Gasteiger partial charge in [0.1, 0.15) is 13.2 Å². The van der Waals surface area contributed by atoms with Gasteiger partial charge >= 0.3 is 11.9 Å². The number of aliphatic hydroxyl groups excluding tert-OH is 2. The zero-order valence-corrected chi connectivity index (χ0v) is 47.1. The summed E-state index contributed by atoms with van der Waals surface area (Å²) in [4.78, 5) is 24.7. The molecule has 2 N–H and O–H groups in total. The molecule has 0 aromatic carbocycles. The fourth-order valence-electron chi connectivity index (χ4n) is 10.6. The number of carbonyl (C=O) groups excluding carboxylic acids is 2. The SMILES string of the molecule is CCCCCCCCCCCC/C=C/CCCCCCCCCCCCCCCCCCCCCCCCCCCCCCCCCCCCCCCCCC1CC(=O)OCC(CO)(CO)COC1=O. The number of aliphatic hydroxyl groups is 2. The van der Waals surface area contributed by atoms with Crippen molar-refractivity contribution in [3.05, 3.63) is 12.2 Å². The minimum atomic E-state index is -1.12. The van der Waals surface area contributed by atoms with Crippen molar-refractivity contribution in [1.82, 2.24) is 0 Å². The number of carbonyl (C=O) groups is 2. The molecule has 1 rings (SSSR count). The van der Waals surface area contributed by atoms with Gasteiger partial charge < -0.3 is 19.7 Å². The standard InChI is InChI=1S/C64H122O6/c1-2-3-4-5-6-7-8-9-10-11-12-13-14-15-16-17-18-19-20-21-22-23-24-25-26-27-28-29-30-31-32-33-34-35-36-37-38-39-40-41-42-43-44-45-46-47-48-49-50-51-52-53-54-55-61-56-62(67)69-59-64(57-65,58-66)60-70-63(61)68/h13-14,61,65-66H,2-12,15-60H2,1H3/b14-13+. The van der Waals surface area contributed by atoms with Crippen LogP contribution in [0.1, 0.15) is 347 Å². The van der Waals surface area contributed by atoms with E-state index in [1.54, 1.807) is 0 Å².